The first kappa shape index (κ1) is 13.0. The highest BCUT2D eigenvalue weighted by molar-refractivity contribution is 7.88. The molecule has 1 aromatic heterocycles. The molecule has 1 aliphatic heterocycles. The minimum atomic E-state index is -3.11. The number of likely N-dealkylation sites (tertiary alicyclic amines) is 1. The molecule has 1 aromatic rings. The van der Waals surface area contributed by atoms with Gasteiger partial charge in [-0.25, -0.2) is 13.1 Å². The number of thiophene rings is 1. The maximum Gasteiger partial charge on any atom is 0.208 e. The third-order valence-corrected chi connectivity index (χ3v) is 4.44. The molecule has 2 heterocycles. The Balaban J connectivity index is 2.07. The predicted octanol–water partition coefficient (Wildman–Crippen LogP) is 1.43. The van der Waals surface area contributed by atoms with Crippen LogP contribution >= 0.6 is 11.3 Å². The third kappa shape index (κ3) is 3.77. The van der Waals surface area contributed by atoms with Gasteiger partial charge in [-0.15, -0.1) is 0 Å². The molecular formula is C11H18N2O2S2. The Bertz CT molecular complexity index is 436. The summed E-state index contributed by atoms with van der Waals surface area (Å²) in [5.74, 6) is 0. The van der Waals surface area contributed by atoms with Crippen LogP contribution in [0.1, 0.15) is 24.4 Å². The highest BCUT2D eigenvalue weighted by Crippen LogP contribution is 2.26. The average molecular weight is 274 g/mol. The largest absolute Gasteiger partial charge is 0.295 e. The van der Waals surface area contributed by atoms with Crippen molar-refractivity contribution in [2.75, 3.05) is 25.9 Å². The first-order chi connectivity index (χ1) is 8.06. The number of nitrogens with one attached hydrogen (secondary N) is 1. The fraction of sp³-hybridized carbons (Fsp3) is 0.636. The van der Waals surface area contributed by atoms with Gasteiger partial charge in [0.05, 0.1) is 6.26 Å². The van der Waals surface area contributed by atoms with E-state index in [-0.39, 0.29) is 6.04 Å². The second kappa shape index (κ2) is 5.48. The molecule has 0 bridgehead atoms. The first-order valence-corrected chi connectivity index (χ1v) is 8.60. The van der Waals surface area contributed by atoms with Gasteiger partial charge >= 0.3 is 0 Å². The van der Waals surface area contributed by atoms with Crippen LogP contribution in [-0.4, -0.2) is 39.2 Å². The Morgan fingerprint density at radius 1 is 1.47 bits per heavy atom. The lowest BCUT2D eigenvalue weighted by Gasteiger charge is -2.26. The average Bonchev–Trinajstić information content (AvgIpc) is 2.86. The van der Waals surface area contributed by atoms with Crippen LogP contribution < -0.4 is 4.72 Å². The van der Waals surface area contributed by atoms with E-state index in [9.17, 15) is 8.42 Å². The molecule has 0 radical (unpaired) electrons. The normalized spacial score (nSPS) is 19.6. The van der Waals surface area contributed by atoms with Crippen molar-refractivity contribution in [2.45, 2.75) is 18.9 Å². The summed E-state index contributed by atoms with van der Waals surface area (Å²) in [6.07, 6.45) is 3.63. The summed E-state index contributed by atoms with van der Waals surface area (Å²) in [7, 11) is -3.11. The van der Waals surface area contributed by atoms with Gasteiger partial charge in [-0.1, -0.05) is 0 Å². The molecule has 4 nitrogen and oxygen atoms in total. The highest BCUT2D eigenvalue weighted by atomic mass is 32.2. The minimum Gasteiger partial charge on any atom is -0.295 e. The Kier molecular flexibility index (Phi) is 4.19. The molecule has 0 aliphatic carbocycles. The Morgan fingerprint density at radius 2 is 2.18 bits per heavy atom. The first-order valence-electron chi connectivity index (χ1n) is 5.77. The van der Waals surface area contributed by atoms with E-state index in [0.29, 0.717) is 6.54 Å². The zero-order valence-electron chi connectivity index (χ0n) is 9.93. The fourth-order valence-corrected chi connectivity index (χ4v) is 3.37. The summed E-state index contributed by atoms with van der Waals surface area (Å²) in [6, 6.07) is 2.26. The van der Waals surface area contributed by atoms with Crippen LogP contribution in [0.3, 0.4) is 0 Å². The van der Waals surface area contributed by atoms with E-state index in [1.54, 1.807) is 11.3 Å². The third-order valence-electron chi connectivity index (χ3n) is 3.05. The Morgan fingerprint density at radius 3 is 2.71 bits per heavy atom. The van der Waals surface area contributed by atoms with Gasteiger partial charge in [0.15, 0.2) is 0 Å². The van der Waals surface area contributed by atoms with Crippen molar-refractivity contribution in [2.24, 2.45) is 0 Å². The second-order valence-corrected chi connectivity index (χ2v) is 7.05. The number of hydrogen-bond acceptors (Lipinski definition) is 4. The van der Waals surface area contributed by atoms with Crippen molar-refractivity contribution >= 4 is 21.4 Å². The van der Waals surface area contributed by atoms with E-state index < -0.39 is 10.0 Å². The standard InChI is InChI=1S/C11H18N2O2S2/c1-17(14,15)12-8-11(10-4-7-16-9-10)13-5-2-3-6-13/h4,7,9,11-12H,2-3,5-6,8H2,1H3. The molecule has 1 fully saturated rings. The van der Waals surface area contributed by atoms with Crippen molar-refractivity contribution in [3.63, 3.8) is 0 Å². The molecule has 2 rings (SSSR count). The lowest BCUT2D eigenvalue weighted by atomic mass is 10.1. The van der Waals surface area contributed by atoms with Gasteiger partial charge in [0, 0.05) is 12.6 Å². The topological polar surface area (TPSA) is 49.4 Å². The minimum absolute atomic E-state index is 0.179. The lowest BCUT2D eigenvalue weighted by molar-refractivity contribution is 0.247. The molecule has 1 N–H and O–H groups in total. The van der Waals surface area contributed by atoms with Crippen LogP contribution in [0.2, 0.25) is 0 Å². The SMILES string of the molecule is CS(=O)(=O)NCC(c1ccsc1)N1CCCC1. The zero-order valence-corrected chi connectivity index (χ0v) is 11.6. The summed E-state index contributed by atoms with van der Waals surface area (Å²) in [5.41, 5.74) is 1.22. The molecule has 6 heteroatoms. The van der Waals surface area contributed by atoms with Gasteiger partial charge in [-0.3, -0.25) is 4.90 Å². The molecule has 0 amide bonds. The highest BCUT2D eigenvalue weighted by Gasteiger charge is 2.24. The molecule has 0 saturated carbocycles. The number of nitrogens with zero attached hydrogens (tertiary/aromatic N) is 1. The van der Waals surface area contributed by atoms with Crippen LogP contribution in [-0.2, 0) is 10.0 Å². The zero-order chi connectivity index (χ0) is 12.3. The van der Waals surface area contributed by atoms with E-state index >= 15 is 0 Å². The van der Waals surface area contributed by atoms with Crippen LogP contribution in [0.5, 0.6) is 0 Å². The lowest BCUT2D eigenvalue weighted by Crippen LogP contribution is -2.36. The molecule has 1 saturated heterocycles. The maximum absolute atomic E-state index is 11.2. The van der Waals surface area contributed by atoms with E-state index in [1.165, 1.54) is 24.7 Å². The predicted molar refractivity (Wildman–Crippen MR) is 70.7 cm³/mol. The molecule has 1 atom stereocenters. The van der Waals surface area contributed by atoms with Gasteiger partial charge in [0.1, 0.15) is 0 Å². The van der Waals surface area contributed by atoms with E-state index in [1.807, 2.05) is 5.38 Å². The van der Waals surface area contributed by atoms with Gasteiger partial charge in [0.25, 0.3) is 0 Å². The van der Waals surface area contributed by atoms with Crippen molar-refractivity contribution in [3.8, 4) is 0 Å². The summed E-state index contributed by atoms with van der Waals surface area (Å²) >= 11 is 1.66. The van der Waals surface area contributed by atoms with Crippen LogP contribution in [0, 0.1) is 0 Å². The van der Waals surface area contributed by atoms with Crippen LogP contribution in [0.15, 0.2) is 16.8 Å². The molecule has 17 heavy (non-hydrogen) atoms. The summed E-state index contributed by atoms with van der Waals surface area (Å²) in [6.45, 7) is 2.59. The van der Waals surface area contributed by atoms with E-state index in [4.69, 9.17) is 0 Å². The number of sulfonamides is 1. The van der Waals surface area contributed by atoms with Gasteiger partial charge in [-0.2, -0.15) is 11.3 Å². The van der Waals surface area contributed by atoms with Gasteiger partial charge in [0.2, 0.25) is 10.0 Å². The smallest absolute Gasteiger partial charge is 0.208 e. The summed E-state index contributed by atoms with van der Waals surface area (Å²) < 4.78 is 25.0. The van der Waals surface area contributed by atoms with Crippen molar-refractivity contribution in [3.05, 3.63) is 22.4 Å². The van der Waals surface area contributed by atoms with Crippen LogP contribution in [0.25, 0.3) is 0 Å². The fourth-order valence-electron chi connectivity index (χ4n) is 2.21. The van der Waals surface area contributed by atoms with Crippen molar-refractivity contribution in [1.29, 1.82) is 0 Å². The number of rotatable bonds is 5. The number of hydrogen-bond donors (Lipinski definition) is 1. The van der Waals surface area contributed by atoms with E-state index in [0.717, 1.165) is 13.1 Å². The quantitative estimate of drug-likeness (QED) is 0.884. The summed E-state index contributed by atoms with van der Waals surface area (Å²) in [4.78, 5) is 2.36. The van der Waals surface area contributed by atoms with Gasteiger partial charge in [-0.05, 0) is 48.3 Å². The Hall–Kier alpha value is -0.430. The molecule has 96 valence electrons. The van der Waals surface area contributed by atoms with Gasteiger partial charge < -0.3 is 0 Å². The van der Waals surface area contributed by atoms with Crippen LogP contribution in [0.4, 0.5) is 0 Å². The summed E-state index contributed by atoms with van der Waals surface area (Å²) in [5, 5.41) is 4.14. The van der Waals surface area contributed by atoms with Crippen molar-refractivity contribution in [1.82, 2.24) is 9.62 Å². The molecular weight excluding hydrogens is 256 g/mol. The monoisotopic (exact) mass is 274 g/mol. The maximum atomic E-state index is 11.2. The van der Waals surface area contributed by atoms with Crippen molar-refractivity contribution < 1.29 is 8.42 Å². The molecule has 1 aliphatic rings. The molecule has 0 spiro atoms. The molecule has 1 unspecified atom stereocenters. The van der Waals surface area contributed by atoms with E-state index in [2.05, 4.69) is 21.1 Å². The molecule has 0 aromatic carbocycles. The second-order valence-electron chi connectivity index (χ2n) is 4.44. The Labute approximate surface area is 107 Å².